The number of aromatic hydroxyl groups is 2. The van der Waals surface area contributed by atoms with Crippen molar-refractivity contribution in [1.29, 1.82) is 0 Å². The largest absolute Gasteiger partial charge is 0.506 e. The van der Waals surface area contributed by atoms with E-state index in [1.807, 2.05) is 48.5 Å². The predicted octanol–water partition coefficient (Wildman–Crippen LogP) is 8.76. The van der Waals surface area contributed by atoms with Crippen molar-refractivity contribution < 1.29 is 31.3 Å². The van der Waals surface area contributed by atoms with Crippen LogP contribution in [0, 0.1) is 10.8 Å². The van der Waals surface area contributed by atoms with Gasteiger partial charge in [-0.2, -0.15) is 0 Å². The SMILES string of the molecule is CCC(c1cc(-c2cccc(-c3cccc(-c4cc(C(CC)C(C)(C)C)ncc4O)n3)n2)c(O)cn1)C(C)(C)C.[Pt]. The average molecular weight is 734 g/mol. The maximum absolute atomic E-state index is 10.7. The van der Waals surface area contributed by atoms with Gasteiger partial charge in [0.2, 0.25) is 0 Å². The number of rotatable bonds is 7. The van der Waals surface area contributed by atoms with Gasteiger partial charge >= 0.3 is 0 Å². The maximum Gasteiger partial charge on any atom is 0.143 e. The Morgan fingerprint density at radius 2 is 0.951 bits per heavy atom. The van der Waals surface area contributed by atoms with Crippen molar-refractivity contribution in [3.63, 3.8) is 0 Å². The summed E-state index contributed by atoms with van der Waals surface area (Å²) in [5.74, 6) is 0.684. The van der Waals surface area contributed by atoms with Crippen LogP contribution in [0.15, 0.2) is 60.9 Å². The molecule has 0 spiro atoms. The number of nitrogens with zero attached hydrogens (tertiary/aromatic N) is 4. The van der Waals surface area contributed by atoms with Gasteiger partial charge < -0.3 is 10.2 Å². The molecule has 0 saturated heterocycles. The second kappa shape index (κ2) is 12.8. The van der Waals surface area contributed by atoms with Crippen LogP contribution in [-0.4, -0.2) is 30.1 Å². The molecular formula is C34H42N4O2Pt. The molecule has 7 heteroatoms. The molecular weight excluding hydrogens is 691 g/mol. The monoisotopic (exact) mass is 733 g/mol. The zero-order valence-corrected chi connectivity index (χ0v) is 27.6. The van der Waals surface area contributed by atoms with Gasteiger partial charge in [-0.15, -0.1) is 0 Å². The zero-order chi connectivity index (χ0) is 29.2. The van der Waals surface area contributed by atoms with E-state index in [4.69, 9.17) is 9.97 Å². The van der Waals surface area contributed by atoms with Crippen molar-refractivity contribution in [2.75, 3.05) is 0 Å². The van der Waals surface area contributed by atoms with E-state index in [0.717, 1.165) is 24.2 Å². The number of pyridine rings is 4. The topological polar surface area (TPSA) is 92.0 Å². The smallest absolute Gasteiger partial charge is 0.143 e. The first kappa shape index (κ1) is 32.4. The van der Waals surface area contributed by atoms with E-state index in [9.17, 15) is 10.2 Å². The number of aromatic nitrogens is 4. The number of hydrogen-bond donors (Lipinski definition) is 2. The van der Waals surface area contributed by atoms with Crippen molar-refractivity contribution in [3.05, 3.63) is 72.3 Å². The van der Waals surface area contributed by atoms with Gasteiger partial charge in [0.05, 0.1) is 35.2 Å². The fourth-order valence-electron chi connectivity index (χ4n) is 5.71. The predicted molar refractivity (Wildman–Crippen MR) is 162 cm³/mol. The first-order valence-electron chi connectivity index (χ1n) is 14.2. The number of hydrogen-bond acceptors (Lipinski definition) is 6. The van der Waals surface area contributed by atoms with Gasteiger partial charge in [-0.3, -0.25) is 9.97 Å². The summed E-state index contributed by atoms with van der Waals surface area (Å²) < 4.78 is 0. The summed E-state index contributed by atoms with van der Waals surface area (Å²) in [6.07, 6.45) is 4.95. The summed E-state index contributed by atoms with van der Waals surface area (Å²) in [5, 5.41) is 21.5. The van der Waals surface area contributed by atoms with E-state index in [0.29, 0.717) is 33.9 Å². The molecule has 0 saturated carbocycles. The van der Waals surface area contributed by atoms with Gasteiger partial charge in [0.25, 0.3) is 0 Å². The molecule has 0 amide bonds. The molecule has 2 N–H and O–H groups in total. The molecule has 0 fully saturated rings. The maximum atomic E-state index is 10.7. The van der Waals surface area contributed by atoms with E-state index in [1.165, 1.54) is 12.4 Å². The Bertz CT molecular complexity index is 1380. The summed E-state index contributed by atoms with van der Waals surface area (Å²) in [6.45, 7) is 17.6. The Balaban J connectivity index is 0.00000462. The Morgan fingerprint density at radius 3 is 1.27 bits per heavy atom. The molecule has 0 aromatic carbocycles. The van der Waals surface area contributed by atoms with E-state index < -0.39 is 0 Å². The van der Waals surface area contributed by atoms with Crippen molar-refractivity contribution in [2.45, 2.75) is 80.1 Å². The standard InChI is InChI=1S/C34H42N4O2.Pt/c1-9-23(33(3,4)5)29-17-21(31(39)19-35-29)25-13-11-15-27(37-25)28-16-12-14-26(38-28)22-18-30(36-20-32(22)40)24(10-2)34(6,7)8;/h11-20,23-24,39-40H,9-10H2,1-8H3;. The van der Waals surface area contributed by atoms with Crippen LogP contribution in [-0.2, 0) is 21.1 Å². The molecule has 0 radical (unpaired) electrons. The minimum atomic E-state index is 0. The van der Waals surface area contributed by atoms with Crippen LogP contribution in [0.5, 0.6) is 11.5 Å². The molecule has 0 aliphatic carbocycles. The summed E-state index contributed by atoms with van der Waals surface area (Å²) in [6, 6.07) is 15.4. The molecule has 2 atom stereocenters. The quantitative estimate of drug-likeness (QED) is 0.198. The fourth-order valence-corrected chi connectivity index (χ4v) is 5.71. The molecule has 0 aliphatic rings. The van der Waals surface area contributed by atoms with Crippen LogP contribution in [0.25, 0.3) is 33.9 Å². The van der Waals surface area contributed by atoms with E-state index in [-0.39, 0.29) is 55.2 Å². The third-order valence-corrected chi connectivity index (χ3v) is 7.74. The Morgan fingerprint density at radius 1 is 0.610 bits per heavy atom. The van der Waals surface area contributed by atoms with Gasteiger partial charge in [0.1, 0.15) is 11.5 Å². The summed E-state index contributed by atoms with van der Waals surface area (Å²) in [7, 11) is 0. The molecule has 6 nitrogen and oxygen atoms in total. The zero-order valence-electron chi connectivity index (χ0n) is 25.3. The van der Waals surface area contributed by atoms with Crippen molar-refractivity contribution in [3.8, 4) is 45.4 Å². The first-order chi connectivity index (χ1) is 18.8. The average Bonchev–Trinajstić information content (AvgIpc) is 2.90. The van der Waals surface area contributed by atoms with E-state index in [1.54, 1.807) is 0 Å². The fraction of sp³-hybridized carbons (Fsp3) is 0.412. The van der Waals surface area contributed by atoms with Crippen LogP contribution in [0.3, 0.4) is 0 Å². The molecule has 0 bridgehead atoms. The van der Waals surface area contributed by atoms with Gasteiger partial charge in [-0.05, 0) is 60.1 Å². The van der Waals surface area contributed by atoms with E-state index in [2.05, 4.69) is 65.4 Å². The van der Waals surface area contributed by atoms with Crippen LogP contribution < -0.4 is 0 Å². The summed E-state index contributed by atoms with van der Waals surface area (Å²) in [4.78, 5) is 18.9. The Kier molecular flexibility index (Phi) is 10.1. The normalized spacial score (nSPS) is 13.4. The van der Waals surface area contributed by atoms with E-state index >= 15 is 0 Å². The van der Waals surface area contributed by atoms with Gasteiger partial charge in [-0.1, -0.05) is 67.5 Å². The van der Waals surface area contributed by atoms with Crippen molar-refractivity contribution in [2.24, 2.45) is 10.8 Å². The molecule has 220 valence electrons. The van der Waals surface area contributed by atoms with Crippen LogP contribution >= 0.6 is 0 Å². The van der Waals surface area contributed by atoms with Crippen LogP contribution in [0.4, 0.5) is 0 Å². The van der Waals surface area contributed by atoms with Crippen molar-refractivity contribution in [1.82, 2.24) is 19.9 Å². The Hall–Kier alpha value is -3.11. The summed E-state index contributed by atoms with van der Waals surface area (Å²) >= 11 is 0. The van der Waals surface area contributed by atoms with Crippen molar-refractivity contribution >= 4 is 0 Å². The second-order valence-electron chi connectivity index (χ2n) is 12.7. The summed E-state index contributed by atoms with van der Waals surface area (Å²) in [5.41, 5.74) is 5.92. The molecule has 41 heavy (non-hydrogen) atoms. The second-order valence-corrected chi connectivity index (χ2v) is 12.7. The minimum Gasteiger partial charge on any atom is -0.506 e. The van der Waals surface area contributed by atoms with Crippen LogP contribution in [0.1, 0.15) is 91.5 Å². The van der Waals surface area contributed by atoms with Gasteiger partial charge in [-0.25, -0.2) is 9.97 Å². The molecule has 4 rings (SSSR count). The van der Waals surface area contributed by atoms with Gasteiger partial charge in [0.15, 0.2) is 0 Å². The molecule has 4 heterocycles. The first-order valence-corrected chi connectivity index (χ1v) is 14.2. The minimum absolute atomic E-state index is 0. The molecule has 4 aromatic rings. The third-order valence-electron chi connectivity index (χ3n) is 7.74. The Labute approximate surface area is 259 Å². The third kappa shape index (κ3) is 7.21. The molecule has 2 unspecified atom stereocenters. The molecule has 0 aliphatic heterocycles. The van der Waals surface area contributed by atoms with Gasteiger partial charge in [0, 0.05) is 55.4 Å². The van der Waals surface area contributed by atoms with Crippen LogP contribution in [0.2, 0.25) is 0 Å². The molecule has 4 aromatic heterocycles.